The number of urea groups is 1. The molecular weight excluding hydrogens is 314 g/mol. The zero-order valence-corrected chi connectivity index (χ0v) is 14.7. The van der Waals surface area contributed by atoms with Gasteiger partial charge in [-0.05, 0) is 19.4 Å². The molecule has 1 atom stereocenters. The molecule has 0 saturated carbocycles. The smallest absolute Gasteiger partial charge is 0.317 e. The van der Waals surface area contributed by atoms with E-state index in [0.717, 1.165) is 56.8 Å². The second-order valence-corrected chi connectivity index (χ2v) is 7.00. The van der Waals surface area contributed by atoms with Gasteiger partial charge in [-0.15, -0.1) is 0 Å². The molecule has 0 radical (unpaired) electrons. The first-order valence-corrected chi connectivity index (χ1v) is 9.05. The van der Waals surface area contributed by atoms with Crippen molar-refractivity contribution in [2.45, 2.75) is 25.4 Å². The molecule has 1 aromatic heterocycles. The molecule has 1 unspecified atom stereocenters. The number of nitrogens with one attached hydrogen (secondary N) is 1. The third kappa shape index (κ3) is 3.39. The first kappa shape index (κ1) is 16.1. The molecular formula is C19H25N5O. The Hall–Kier alpha value is -2.34. The second kappa shape index (κ2) is 6.88. The minimum Gasteiger partial charge on any atom is -0.336 e. The van der Waals surface area contributed by atoms with Crippen molar-refractivity contribution in [3.63, 3.8) is 0 Å². The summed E-state index contributed by atoms with van der Waals surface area (Å²) < 4.78 is 1.90. The Morgan fingerprint density at radius 1 is 1.24 bits per heavy atom. The van der Waals surface area contributed by atoms with Crippen LogP contribution < -0.4 is 5.32 Å². The summed E-state index contributed by atoms with van der Waals surface area (Å²) in [5, 5.41) is 7.59. The van der Waals surface area contributed by atoms with E-state index >= 15 is 0 Å². The maximum atomic E-state index is 12.0. The van der Waals surface area contributed by atoms with Crippen molar-refractivity contribution >= 4 is 6.03 Å². The Balaban J connectivity index is 1.50. The highest BCUT2D eigenvalue weighted by molar-refractivity contribution is 5.76. The van der Waals surface area contributed by atoms with Crippen LogP contribution in [0.25, 0.3) is 11.3 Å². The zero-order valence-electron chi connectivity index (χ0n) is 14.7. The fourth-order valence-electron chi connectivity index (χ4n) is 4.00. The van der Waals surface area contributed by atoms with Crippen LogP contribution in [0.15, 0.2) is 36.5 Å². The van der Waals surface area contributed by atoms with Crippen LogP contribution in [0.3, 0.4) is 0 Å². The molecule has 1 aromatic carbocycles. The SMILES string of the molecule is Cn1cc(CN2CCCC(N3CCNC3=O)C2)c(-c2ccccc2)n1. The van der Waals surface area contributed by atoms with E-state index < -0.39 is 0 Å². The van der Waals surface area contributed by atoms with Gasteiger partial charge < -0.3 is 10.2 Å². The third-order valence-electron chi connectivity index (χ3n) is 5.16. The average molecular weight is 339 g/mol. The summed E-state index contributed by atoms with van der Waals surface area (Å²) in [6.07, 6.45) is 4.35. The monoisotopic (exact) mass is 339 g/mol. The third-order valence-corrected chi connectivity index (χ3v) is 5.16. The van der Waals surface area contributed by atoms with Gasteiger partial charge in [0.15, 0.2) is 0 Å². The summed E-state index contributed by atoms with van der Waals surface area (Å²) in [5.41, 5.74) is 3.47. The van der Waals surface area contributed by atoms with Gasteiger partial charge >= 0.3 is 6.03 Å². The van der Waals surface area contributed by atoms with Crippen molar-refractivity contribution in [1.29, 1.82) is 0 Å². The van der Waals surface area contributed by atoms with Crippen molar-refractivity contribution in [3.8, 4) is 11.3 Å². The molecule has 25 heavy (non-hydrogen) atoms. The van der Waals surface area contributed by atoms with Crippen LogP contribution >= 0.6 is 0 Å². The lowest BCUT2D eigenvalue weighted by Crippen LogP contribution is -2.48. The Bertz CT molecular complexity index is 742. The fraction of sp³-hybridized carbons (Fsp3) is 0.474. The van der Waals surface area contributed by atoms with Crippen LogP contribution in [0.1, 0.15) is 18.4 Å². The van der Waals surface area contributed by atoms with E-state index in [2.05, 4.69) is 45.8 Å². The van der Waals surface area contributed by atoms with Crippen molar-refractivity contribution in [1.82, 2.24) is 24.9 Å². The number of nitrogens with zero attached hydrogens (tertiary/aromatic N) is 4. The minimum atomic E-state index is 0.0956. The molecule has 2 saturated heterocycles. The Morgan fingerprint density at radius 2 is 2.08 bits per heavy atom. The lowest BCUT2D eigenvalue weighted by molar-refractivity contribution is 0.122. The van der Waals surface area contributed by atoms with Crippen molar-refractivity contribution in [3.05, 3.63) is 42.1 Å². The number of hydrogen-bond donors (Lipinski definition) is 1. The van der Waals surface area contributed by atoms with Gasteiger partial charge in [-0.3, -0.25) is 9.58 Å². The van der Waals surface area contributed by atoms with Crippen molar-refractivity contribution in [2.75, 3.05) is 26.2 Å². The maximum Gasteiger partial charge on any atom is 0.317 e. The molecule has 0 spiro atoms. The van der Waals surface area contributed by atoms with Gasteiger partial charge in [0, 0.05) is 56.6 Å². The standard InChI is InChI=1S/C19H25N5O/c1-22-12-16(18(21-22)15-6-3-2-4-7-15)13-23-10-5-8-17(14-23)24-11-9-20-19(24)25/h2-4,6-7,12,17H,5,8-11,13-14H2,1H3,(H,20,25). The largest absolute Gasteiger partial charge is 0.336 e. The lowest BCUT2D eigenvalue weighted by Gasteiger charge is -2.37. The van der Waals surface area contributed by atoms with Gasteiger partial charge in [-0.1, -0.05) is 30.3 Å². The van der Waals surface area contributed by atoms with Gasteiger partial charge in [0.05, 0.1) is 5.69 Å². The highest BCUT2D eigenvalue weighted by atomic mass is 16.2. The molecule has 6 heteroatoms. The number of carbonyl (C=O) groups is 1. The number of carbonyl (C=O) groups excluding carboxylic acids is 1. The van der Waals surface area contributed by atoms with E-state index in [-0.39, 0.29) is 6.03 Å². The van der Waals surface area contributed by atoms with Gasteiger partial charge in [0.1, 0.15) is 0 Å². The van der Waals surface area contributed by atoms with E-state index in [1.165, 1.54) is 5.56 Å². The van der Waals surface area contributed by atoms with Crippen LogP contribution in [0, 0.1) is 0 Å². The van der Waals surface area contributed by atoms with E-state index in [4.69, 9.17) is 0 Å². The molecule has 0 bridgehead atoms. The first-order chi connectivity index (χ1) is 12.2. The molecule has 132 valence electrons. The van der Waals surface area contributed by atoms with E-state index in [9.17, 15) is 4.79 Å². The number of aromatic nitrogens is 2. The highest BCUT2D eigenvalue weighted by Crippen LogP contribution is 2.25. The number of benzene rings is 1. The van der Waals surface area contributed by atoms with E-state index in [1.54, 1.807) is 0 Å². The predicted octanol–water partition coefficient (Wildman–Crippen LogP) is 2.08. The summed E-state index contributed by atoms with van der Waals surface area (Å²) in [6.45, 7) is 4.51. The van der Waals surface area contributed by atoms with E-state index in [1.807, 2.05) is 22.7 Å². The molecule has 2 aliphatic rings. The summed E-state index contributed by atoms with van der Waals surface area (Å²) in [5.74, 6) is 0. The summed E-state index contributed by atoms with van der Waals surface area (Å²) >= 11 is 0. The number of rotatable bonds is 4. The number of amides is 2. The Kier molecular flexibility index (Phi) is 4.44. The lowest BCUT2D eigenvalue weighted by atomic mass is 10.0. The van der Waals surface area contributed by atoms with Crippen LogP contribution in [0.4, 0.5) is 4.79 Å². The molecule has 2 aromatic rings. The molecule has 3 heterocycles. The summed E-state index contributed by atoms with van der Waals surface area (Å²) in [7, 11) is 1.98. The number of piperidine rings is 1. The number of aryl methyl sites for hydroxylation is 1. The topological polar surface area (TPSA) is 53.4 Å². The second-order valence-electron chi connectivity index (χ2n) is 7.00. The average Bonchev–Trinajstić information content (AvgIpc) is 3.21. The fourth-order valence-corrected chi connectivity index (χ4v) is 4.00. The maximum absolute atomic E-state index is 12.0. The van der Waals surface area contributed by atoms with Crippen molar-refractivity contribution < 1.29 is 4.79 Å². The molecule has 2 aliphatic heterocycles. The molecule has 6 nitrogen and oxygen atoms in total. The highest BCUT2D eigenvalue weighted by Gasteiger charge is 2.31. The van der Waals surface area contributed by atoms with Crippen LogP contribution in [-0.4, -0.2) is 57.8 Å². The number of hydrogen-bond acceptors (Lipinski definition) is 3. The van der Waals surface area contributed by atoms with Gasteiger partial charge in [-0.2, -0.15) is 5.10 Å². The Morgan fingerprint density at radius 3 is 2.84 bits per heavy atom. The molecule has 1 N–H and O–H groups in total. The van der Waals surface area contributed by atoms with Gasteiger partial charge in [-0.25, -0.2) is 4.79 Å². The normalized spacial score (nSPS) is 21.6. The summed E-state index contributed by atoms with van der Waals surface area (Å²) in [4.78, 5) is 16.4. The predicted molar refractivity (Wildman–Crippen MR) is 97.0 cm³/mol. The molecule has 0 aliphatic carbocycles. The molecule has 4 rings (SSSR count). The van der Waals surface area contributed by atoms with Gasteiger partial charge in [0.25, 0.3) is 0 Å². The Labute approximate surface area is 148 Å². The van der Waals surface area contributed by atoms with Crippen molar-refractivity contribution in [2.24, 2.45) is 7.05 Å². The quantitative estimate of drug-likeness (QED) is 0.928. The minimum absolute atomic E-state index is 0.0956. The number of likely N-dealkylation sites (tertiary alicyclic amines) is 1. The zero-order chi connectivity index (χ0) is 17.2. The first-order valence-electron chi connectivity index (χ1n) is 9.05. The summed E-state index contributed by atoms with van der Waals surface area (Å²) in [6, 6.07) is 10.8. The molecule has 2 fully saturated rings. The van der Waals surface area contributed by atoms with Gasteiger partial charge in [0.2, 0.25) is 0 Å². The van der Waals surface area contributed by atoms with Crippen LogP contribution in [0.5, 0.6) is 0 Å². The van der Waals surface area contributed by atoms with E-state index in [0.29, 0.717) is 6.04 Å². The van der Waals surface area contributed by atoms with Crippen LogP contribution in [-0.2, 0) is 13.6 Å². The van der Waals surface area contributed by atoms with Crippen LogP contribution in [0.2, 0.25) is 0 Å². The molecule has 2 amide bonds.